The van der Waals surface area contributed by atoms with Crippen LogP contribution in [0.15, 0.2) is 4.99 Å². The molecule has 0 aromatic carbocycles. The zero-order valence-electron chi connectivity index (χ0n) is 16.1. The third kappa shape index (κ3) is 7.68. The minimum Gasteiger partial charge on any atom is -0.359 e. The van der Waals surface area contributed by atoms with Crippen molar-refractivity contribution in [1.82, 2.24) is 20.4 Å². The summed E-state index contributed by atoms with van der Waals surface area (Å²) in [5.74, 6) is 2.42. The Kier molecular flexibility index (Phi) is 10.7. The van der Waals surface area contributed by atoms with Gasteiger partial charge in [-0.3, -0.25) is 9.79 Å². The number of hydrogen-bond donors (Lipinski definition) is 2. The molecule has 2 heterocycles. The van der Waals surface area contributed by atoms with Gasteiger partial charge in [-0.15, -0.1) is 24.0 Å². The highest BCUT2D eigenvalue weighted by molar-refractivity contribution is 14.0. The molecule has 0 aromatic heterocycles. The van der Waals surface area contributed by atoms with Crippen molar-refractivity contribution in [3.05, 3.63) is 0 Å². The van der Waals surface area contributed by atoms with Crippen molar-refractivity contribution in [3.63, 3.8) is 0 Å². The van der Waals surface area contributed by atoms with Gasteiger partial charge in [-0.25, -0.2) is 0 Å². The largest absolute Gasteiger partial charge is 0.359 e. The number of aliphatic imine (C=N–C) groups is 1. The van der Waals surface area contributed by atoms with E-state index in [1.54, 1.807) is 7.05 Å². The minimum atomic E-state index is 0. The lowest BCUT2D eigenvalue weighted by atomic mass is 9.93. The maximum Gasteiger partial charge on any atom is 0.220 e. The zero-order chi connectivity index (χ0) is 17.4. The molecule has 7 heteroatoms. The molecule has 1 unspecified atom stereocenters. The number of nitrogens with zero attached hydrogens (tertiary/aromatic N) is 3. The van der Waals surface area contributed by atoms with Gasteiger partial charge in [0.25, 0.3) is 0 Å². The molecule has 0 aromatic rings. The van der Waals surface area contributed by atoms with Crippen LogP contribution < -0.4 is 10.6 Å². The van der Waals surface area contributed by atoms with Gasteiger partial charge in [0.1, 0.15) is 0 Å². The zero-order valence-corrected chi connectivity index (χ0v) is 18.4. The van der Waals surface area contributed by atoms with Gasteiger partial charge in [0.05, 0.1) is 0 Å². The number of hydrogen-bond acceptors (Lipinski definition) is 3. The molecule has 0 saturated carbocycles. The molecular weight excluding hydrogens is 429 g/mol. The number of guanidine groups is 1. The van der Waals surface area contributed by atoms with Crippen molar-refractivity contribution in [3.8, 4) is 0 Å². The minimum absolute atomic E-state index is 0. The van der Waals surface area contributed by atoms with Crippen LogP contribution in [0.25, 0.3) is 0 Å². The molecule has 1 atom stereocenters. The summed E-state index contributed by atoms with van der Waals surface area (Å²) in [6, 6.07) is 0. The molecule has 0 radical (unpaired) electrons. The highest BCUT2D eigenvalue weighted by Crippen LogP contribution is 2.21. The average Bonchev–Trinajstić information content (AvgIpc) is 2.59. The molecular formula is C18H36IN5O. The van der Waals surface area contributed by atoms with Crippen LogP contribution in [0.1, 0.15) is 39.0 Å². The van der Waals surface area contributed by atoms with Crippen LogP contribution in [0.2, 0.25) is 0 Å². The number of rotatable bonds is 5. The monoisotopic (exact) mass is 465 g/mol. The Bertz CT molecular complexity index is 424. The molecule has 0 bridgehead atoms. The van der Waals surface area contributed by atoms with Crippen LogP contribution in [0.4, 0.5) is 0 Å². The Morgan fingerprint density at radius 2 is 1.88 bits per heavy atom. The third-order valence-corrected chi connectivity index (χ3v) is 5.22. The molecule has 1 amide bonds. The van der Waals surface area contributed by atoms with Crippen molar-refractivity contribution in [2.75, 3.05) is 53.4 Å². The van der Waals surface area contributed by atoms with E-state index in [0.717, 1.165) is 51.5 Å². The van der Waals surface area contributed by atoms with Crippen LogP contribution in [0.5, 0.6) is 0 Å². The first kappa shape index (κ1) is 22.5. The molecule has 2 fully saturated rings. The smallest absolute Gasteiger partial charge is 0.220 e. The van der Waals surface area contributed by atoms with E-state index < -0.39 is 0 Å². The average molecular weight is 465 g/mol. The Morgan fingerprint density at radius 3 is 2.48 bits per heavy atom. The molecule has 0 aliphatic carbocycles. The molecule has 2 aliphatic heterocycles. The molecule has 2 saturated heterocycles. The van der Waals surface area contributed by atoms with E-state index in [0.29, 0.717) is 18.3 Å². The fourth-order valence-electron chi connectivity index (χ4n) is 3.78. The van der Waals surface area contributed by atoms with Crippen LogP contribution in [-0.4, -0.2) is 75.0 Å². The van der Waals surface area contributed by atoms with Crippen molar-refractivity contribution < 1.29 is 4.79 Å². The van der Waals surface area contributed by atoms with Crippen LogP contribution in [-0.2, 0) is 4.79 Å². The second kappa shape index (κ2) is 11.9. The van der Waals surface area contributed by atoms with E-state index >= 15 is 0 Å². The normalized spacial score (nSPS) is 23.1. The SMILES string of the molecule is CCNC(=NCC1CCCN(C)C1)N1CCC(CC(=O)NC)CC1.I. The maximum absolute atomic E-state index is 11.5. The van der Waals surface area contributed by atoms with E-state index in [9.17, 15) is 4.79 Å². The number of halogens is 1. The third-order valence-electron chi connectivity index (χ3n) is 5.22. The van der Waals surface area contributed by atoms with Crippen molar-refractivity contribution in [2.24, 2.45) is 16.8 Å². The fourth-order valence-corrected chi connectivity index (χ4v) is 3.78. The Balaban J connectivity index is 0.00000312. The van der Waals surface area contributed by atoms with Crippen LogP contribution >= 0.6 is 24.0 Å². The second-order valence-electron chi connectivity index (χ2n) is 7.27. The predicted octanol–water partition coefficient (Wildman–Crippen LogP) is 1.76. The van der Waals surface area contributed by atoms with Crippen LogP contribution in [0.3, 0.4) is 0 Å². The fraction of sp³-hybridized carbons (Fsp3) is 0.889. The number of nitrogens with one attached hydrogen (secondary N) is 2. The summed E-state index contributed by atoms with van der Waals surface area (Å²) in [5, 5.41) is 6.19. The van der Waals surface area contributed by atoms with Gasteiger partial charge in [-0.2, -0.15) is 0 Å². The Morgan fingerprint density at radius 1 is 1.16 bits per heavy atom. The Hall–Kier alpha value is -0.570. The molecule has 0 spiro atoms. The summed E-state index contributed by atoms with van der Waals surface area (Å²) < 4.78 is 0. The molecule has 2 N–H and O–H groups in total. The lowest BCUT2D eigenvalue weighted by Gasteiger charge is -2.34. The van der Waals surface area contributed by atoms with Crippen molar-refractivity contribution in [1.29, 1.82) is 0 Å². The molecule has 6 nitrogen and oxygen atoms in total. The molecule has 2 rings (SSSR count). The van der Waals surface area contributed by atoms with E-state index in [-0.39, 0.29) is 29.9 Å². The highest BCUT2D eigenvalue weighted by Gasteiger charge is 2.23. The summed E-state index contributed by atoms with van der Waals surface area (Å²) in [7, 11) is 3.92. The summed E-state index contributed by atoms with van der Waals surface area (Å²) in [4.78, 5) is 21.2. The van der Waals surface area contributed by atoms with Gasteiger partial charge < -0.3 is 20.4 Å². The van der Waals surface area contributed by atoms with Gasteiger partial charge in [-0.05, 0) is 58.0 Å². The van der Waals surface area contributed by atoms with Crippen LogP contribution in [0, 0.1) is 11.8 Å². The van der Waals surface area contributed by atoms with Crippen molar-refractivity contribution in [2.45, 2.75) is 39.0 Å². The van der Waals surface area contributed by atoms with E-state index in [1.807, 2.05) is 0 Å². The van der Waals surface area contributed by atoms with Gasteiger partial charge in [0, 0.05) is 46.2 Å². The van der Waals surface area contributed by atoms with E-state index in [2.05, 4.69) is 34.4 Å². The highest BCUT2D eigenvalue weighted by atomic mass is 127. The predicted molar refractivity (Wildman–Crippen MR) is 115 cm³/mol. The first-order valence-corrected chi connectivity index (χ1v) is 9.54. The lowest BCUT2D eigenvalue weighted by Crippen LogP contribution is -2.46. The van der Waals surface area contributed by atoms with E-state index in [1.165, 1.54) is 19.4 Å². The summed E-state index contributed by atoms with van der Waals surface area (Å²) >= 11 is 0. The first-order valence-electron chi connectivity index (χ1n) is 9.54. The van der Waals surface area contributed by atoms with Gasteiger partial charge >= 0.3 is 0 Å². The van der Waals surface area contributed by atoms with Gasteiger partial charge in [0.2, 0.25) is 5.91 Å². The number of piperidine rings is 2. The quantitative estimate of drug-likeness (QED) is 0.369. The number of amides is 1. The van der Waals surface area contributed by atoms with Gasteiger partial charge in [0.15, 0.2) is 5.96 Å². The van der Waals surface area contributed by atoms with E-state index in [4.69, 9.17) is 4.99 Å². The number of likely N-dealkylation sites (tertiary alicyclic amines) is 2. The summed E-state index contributed by atoms with van der Waals surface area (Å²) in [6.45, 7) is 8.33. The number of carbonyl (C=O) groups excluding carboxylic acids is 1. The maximum atomic E-state index is 11.5. The number of carbonyl (C=O) groups is 1. The topological polar surface area (TPSA) is 60.0 Å². The standard InChI is InChI=1S/C18H35N5O.HI/c1-4-20-18(21-13-16-6-5-9-22(3)14-16)23-10-7-15(8-11-23)12-17(24)19-2;/h15-16H,4-14H2,1-3H3,(H,19,24)(H,20,21);1H. The Labute approximate surface area is 170 Å². The summed E-state index contributed by atoms with van der Waals surface area (Å²) in [6.07, 6.45) is 5.39. The summed E-state index contributed by atoms with van der Waals surface area (Å²) in [5.41, 5.74) is 0. The molecule has 25 heavy (non-hydrogen) atoms. The first-order chi connectivity index (χ1) is 11.6. The second-order valence-corrected chi connectivity index (χ2v) is 7.27. The van der Waals surface area contributed by atoms with Crippen molar-refractivity contribution >= 4 is 35.8 Å². The van der Waals surface area contributed by atoms with Gasteiger partial charge in [-0.1, -0.05) is 0 Å². The molecule has 146 valence electrons. The lowest BCUT2D eigenvalue weighted by molar-refractivity contribution is -0.121. The molecule has 2 aliphatic rings.